The van der Waals surface area contributed by atoms with Crippen molar-refractivity contribution < 1.29 is 9.47 Å². The molecule has 0 saturated carbocycles. The Morgan fingerprint density at radius 1 is 1.33 bits per heavy atom. The molecule has 1 rings (SSSR count). The fraction of sp³-hybridized carbons (Fsp3) is 1.00. The molecule has 90 valence electrons. The summed E-state index contributed by atoms with van der Waals surface area (Å²) in [6.07, 6.45) is 8.93. The monoisotopic (exact) mass is 278 g/mol. The zero-order chi connectivity index (χ0) is 10.9. The third-order valence-corrected chi connectivity index (χ3v) is 3.33. The highest BCUT2D eigenvalue weighted by molar-refractivity contribution is 9.09. The van der Waals surface area contributed by atoms with Crippen molar-refractivity contribution in [2.24, 2.45) is 0 Å². The normalized spacial score (nSPS) is 24.0. The minimum Gasteiger partial charge on any atom is -0.353 e. The van der Waals surface area contributed by atoms with E-state index in [0.717, 1.165) is 24.8 Å². The van der Waals surface area contributed by atoms with Gasteiger partial charge in [-0.05, 0) is 39.0 Å². The second kappa shape index (κ2) is 8.54. The van der Waals surface area contributed by atoms with Crippen LogP contribution in [0, 0.1) is 0 Å². The second-order valence-electron chi connectivity index (χ2n) is 4.28. The van der Waals surface area contributed by atoms with Crippen LogP contribution in [-0.4, -0.2) is 24.3 Å². The van der Waals surface area contributed by atoms with Crippen molar-refractivity contribution in [1.29, 1.82) is 0 Å². The summed E-state index contributed by atoms with van der Waals surface area (Å²) in [5.74, 6) is 0. The first-order valence-corrected chi connectivity index (χ1v) is 7.28. The van der Waals surface area contributed by atoms with Gasteiger partial charge in [0.2, 0.25) is 0 Å². The van der Waals surface area contributed by atoms with Gasteiger partial charge < -0.3 is 9.47 Å². The van der Waals surface area contributed by atoms with Crippen LogP contribution in [0.15, 0.2) is 0 Å². The van der Waals surface area contributed by atoms with Crippen LogP contribution >= 0.6 is 15.9 Å². The van der Waals surface area contributed by atoms with Crippen LogP contribution < -0.4 is 0 Å². The number of halogens is 1. The lowest BCUT2D eigenvalue weighted by atomic mass is 10.1. The SMILES string of the molecule is CC(CCCCCBr)OC1CCCCO1. The molecule has 1 aliphatic heterocycles. The summed E-state index contributed by atoms with van der Waals surface area (Å²) in [6, 6.07) is 0. The van der Waals surface area contributed by atoms with Gasteiger partial charge in [0.15, 0.2) is 6.29 Å². The second-order valence-corrected chi connectivity index (χ2v) is 5.07. The van der Waals surface area contributed by atoms with Gasteiger partial charge in [-0.25, -0.2) is 0 Å². The van der Waals surface area contributed by atoms with Crippen LogP contribution in [0.3, 0.4) is 0 Å². The number of alkyl halides is 1. The third kappa shape index (κ3) is 6.54. The Kier molecular flexibility index (Phi) is 7.67. The number of ether oxygens (including phenoxy) is 2. The summed E-state index contributed by atoms with van der Waals surface area (Å²) in [4.78, 5) is 0. The minimum absolute atomic E-state index is 0.0740. The van der Waals surface area contributed by atoms with Crippen molar-refractivity contribution in [3.63, 3.8) is 0 Å². The Hall–Kier alpha value is 0.400. The molecule has 15 heavy (non-hydrogen) atoms. The van der Waals surface area contributed by atoms with Crippen LogP contribution in [0.25, 0.3) is 0 Å². The van der Waals surface area contributed by atoms with Gasteiger partial charge in [-0.3, -0.25) is 0 Å². The van der Waals surface area contributed by atoms with E-state index in [4.69, 9.17) is 9.47 Å². The largest absolute Gasteiger partial charge is 0.353 e. The highest BCUT2D eigenvalue weighted by Gasteiger charge is 2.16. The van der Waals surface area contributed by atoms with Gasteiger partial charge in [-0.1, -0.05) is 28.8 Å². The Balaban J connectivity index is 1.98. The maximum absolute atomic E-state index is 5.84. The van der Waals surface area contributed by atoms with E-state index in [0.29, 0.717) is 6.10 Å². The van der Waals surface area contributed by atoms with E-state index in [1.54, 1.807) is 0 Å². The Bertz CT molecular complexity index is 147. The molecule has 0 bridgehead atoms. The molecule has 0 aromatic rings. The van der Waals surface area contributed by atoms with Gasteiger partial charge in [-0.15, -0.1) is 0 Å². The van der Waals surface area contributed by atoms with Crippen molar-refractivity contribution in [2.75, 3.05) is 11.9 Å². The molecular formula is C12H23BrO2. The molecule has 2 unspecified atom stereocenters. The Morgan fingerprint density at radius 3 is 2.87 bits per heavy atom. The van der Waals surface area contributed by atoms with Crippen LogP contribution in [0.5, 0.6) is 0 Å². The molecule has 3 heteroatoms. The summed E-state index contributed by atoms with van der Waals surface area (Å²) in [6.45, 7) is 3.03. The molecule has 1 heterocycles. The van der Waals surface area contributed by atoms with Gasteiger partial charge in [-0.2, -0.15) is 0 Å². The summed E-state index contributed by atoms with van der Waals surface area (Å²) in [5, 5.41) is 1.12. The predicted molar refractivity (Wildman–Crippen MR) is 66.4 cm³/mol. The molecule has 0 aliphatic carbocycles. The molecule has 2 atom stereocenters. The Labute approximate surface area is 102 Å². The lowest BCUT2D eigenvalue weighted by Gasteiger charge is -2.26. The highest BCUT2D eigenvalue weighted by atomic mass is 79.9. The van der Waals surface area contributed by atoms with E-state index >= 15 is 0 Å². The van der Waals surface area contributed by atoms with Crippen LogP contribution in [0.1, 0.15) is 51.9 Å². The van der Waals surface area contributed by atoms with Crippen molar-refractivity contribution in [3.05, 3.63) is 0 Å². The molecule has 2 nitrogen and oxygen atoms in total. The molecule has 0 N–H and O–H groups in total. The molecule has 0 radical (unpaired) electrons. The van der Waals surface area contributed by atoms with Crippen molar-refractivity contribution in [2.45, 2.75) is 64.3 Å². The quantitative estimate of drug-likeness (QED) is 0.520. The average molecular weight is 279 g/mol. The number of rotatable bonds is 7. The standard InChI is InChI=1S/C12H23BrO2/c1-11(7-3-2-5-9-13)15-12-8-4-6-10-14-12/h11-12H,2-10H2,1H3. The van der Waals surface area contributed by atoms with E-state index in [1.807, 2.05) is 0 Å². The topological polar surface area (TPSA) is 18.5 Å². The molecule has 1 aliphatic rings. The summed E-state index contributed by atoms with van der Waals surface area (Å²) >= 11 is 3.44. The van der Waals surface area contributed by atoms with E-state index in [1.165, 1.54) is 32.1 Å². The first-order valence-electron chi connectivity index (χ1n) is 6.16. The number of unbranched alkanes of at least 4 members (excludes halogenated alkanes) is 2. The third-order valence-electron chi connectivity index (χ3n) is 2.77. The van der Waals surface area contributed by atoms with E-state index in [2.05, 4.69) is 22.9 Å². The molecule has 1 saturated heterocycles. The van der Waals surface area contributed by atoms with Crippen molar-refractivity contribution in [3.8, 4) is 0 Å². The molecule has 0 amide bonds. The number of hydrogen-bond donors (Lipinski definition) is 0. The van der Waals surface area contributed by atoms with Crippen LogP contribution in [0.4, 0.5) is 0 Å². The smallest absolute Gasteiger partial charge is 0.157 e. The first kappa shape index (κ1) is 13.5. The maximum atomic E-state index is 5.84. The molecule has 0 aromatic heterocycles. The van der Waals surface area contributed by atoms with Gasteiger partial charge in [0.25, 0.3) is 0 Å². The van der Waals surface area contributed by atoms with Gasteiger partial charge >= 0.3 is 0 Å². The summed E-state index contributed by atoms with van der Waals surface area (Å²) in [7, 11) is 0. The number of hydrogen-bond acceptors (Lipinski definition) is 2. The predicted octanol–water partition coefficient (Wildman–Crippen LogP) is 3.87. The van der Waals surface area contributed by atoms with Crippen molar-refractivity contribution in [1.82, 2.24) is 0 Å². The van der Waals surface area contributed by atoms with Crippen LogP contribution in [0.2, 0.25) is 0 Å². The maximum Gasteiger partial charge on any atom is 0.157 e. The minimum atomic E-state index is 0.0740. The molecule has 1 fully saturated rings. The van der Waals surface area contributed by atoms with E-state index < -0.39 is 0 Å². The zero-order valence-electron chi connectivity index (χ0n) is 9.71. The average Bonchev–Trinajstić information content (AvgIpc) is 2.26. The van der Waals surface area contributed by atoms with Crippen LogP contribution in [-0.2, 0) is 9.47 Å². The lowest BCUT2D eigenvalue weighted by Crippen LogP contribution is -2.26. The van der Waals surface area contributed by atoms with Crippen molar-refractivity contribution >= 4 is 15.9 Å². The Morgan fingerprint density at radius 2 is 2.20 bits per heavy atom. The van der Waals surface area contributed by atoms with Gasteiger partial charge in [0.1, 0.15) is 0 Å². The molecule has 0 spiro atoms. The summed E-state index contributed by atoms with van der Waals surface area (Å²) < 4.78 is 11.4. The highest BCUT2D eigenvalue weighted by Crippen LogP contribution is 2.17. The lowest BCUT2D eigenvalue weighted by molar-refractivity contribution is -0.185. The van der Waals surface area contributed by atoms with E-state index in [-0.39, 0.29) is 6.29 Å². The first-order chi connectivity index (χ1) is 7.33. The van der Waals surface area contributed by atoms with Gasteiger partial charge in [0, 0.05) is 11.9 Å². The molecular weight excluding hydrogens is 256 g/mol. The molecule has 0 aromatic carbocycles. The fourth-order valence-corrected chi connectivity index (χ4v) is 2.25. The zero-order valence-corrected chi connectivity index (χ0v) is 11.3. The fourth-order valence-electron chi connectivity index (χ4n) is 1.85. The summed E-state index contributed by atoms with van der Waals surface area (Å²) in [5.41, 5.74) is 0. The van der Waals surface area contributed by atoms with Gasteiger partial charge in [0.05, 0.1) is 6.10 Å². The van der Waals surface area contributed by atoms with E-state index in [9.17, 15) is 0 Å².